The first-order valence-electron chi connectivity index (χ1n) is 11.6. The number of carbonyl (C=O) groups excluding carboxylic acids is 2. The number of amides is 1. The van der Waals surface area contributed by atoms with Gasteiger partial charge in [0.25, 0.3) is 15.9 Å². The molecule has 0 radical (unpaired) electrons. The fourth-order valence-corrected chi connectivity index (χ4v) is 5.91. The van der Waals surface area contributed by atoms with Gasteiger partial charge < -0.3 is 4.90 Å². The number of nitrogens with zero attached hydrogens (tertiary/aromatic N) is 2. The third kappa shape index (κ3) is 5.46. The summed E-state index contributed by atoms with van der Waals surface area (Å²) in [5.74, 6) is -1.25. The van der Waals surface area contributed by atoms with Crippen LogP contribution in [0.25, 0.3) is 11.3 Å². The van der Waals surface area contributed by atoms with E-state index in [1.807, 2.05) is 30.4 Å². The van der Waals surface area contributed by atoms with Crippen LogP contribution in [-0.2, 0) is 21.0 Å². The highest BCUT2D eigenvalue weighted by Crippen LogP contribution is 2.39. The summed E-state index contributed by atoms with van der Waals surface area (Å²) in [6, 6.07) is 7.41. The van der Waals surface area contributed by atoms with Gasteiger partial charge in [0.1, 0.15) is 10.7 Å². The van der Waals surface area contributed by atoms with Crippen molar-refractivity contribution in [3.05, 3.63) is 70.7 Å². The van der Waals surface area contributed by atoms with Crippen LogP contribution < -0.4 is 9.62 Å². The quantitative estimate of drug-likeness (QED) is 0.590. The summed E-state index contributed by atoms with van der Waals surface area (Å²) in [5, 5.41) is 0. The molecule has 0 spiro atoms. The molecule has 196 valence electrons. The fourth-order valence-electron chi connectivity index (χ4n) is 4.80. The van der Waals surface area contributed by atoms with E-state index in [2.05, 4.69) is 4.98 Å². The minimum atomic E-state index is -4.54. The van der Waals surface area contributed by atoms with Crippen molar-refractivity contribution in [2.24, 2.45) is 5.92 Å². The number of hydrogen-bond donors (Lipinski definition) is 1. The second-order valence-electron chi connectivity index (χ2n) is 9.90. The average molecular weight is 534 g/mol. The van der Waals surface area contributed by atoms with Crippen molar-refractivity contribution in [3.63, 3.8) is 0 Å². The Morgan fingerprint density at radius 2 is 1.92 bits per heavy atom. The van der Waals surface area contributed by atoms with Crippen LogP contribution in [0.1, 0.15) is 49.5 Å². The molecule has 1 aromatic carbocycles. The molecule has 1 aromatic heterocycles. The van der Waals surface area contributed by atoms with Gasteiger partial charge in [0.05, 0.1) is 16.8 Å². The first-order chi connectivity index (χ1) is 17.2. The Hall–Kier alpha value is -3.47. The third-order valence-corrected chi connectivity index (χ3v) is 7.81. The van der Waals surface area contributed by atoms with Crippen molar-refractivity contribution in [2.45, 2.75) is 45.3 Å². The summed E-state index contributed by atoms with van der Waals surface area (Å²) in [7, 11) is -4.45. The van der Waals surface area contributed by atoms with Gasteiger partial charge in [-0.2, -0.15) is 13.2 Å². The summed E-state index contributed by atoms with van der Waals surface area (Å²) in [4.78, 5) is 31.3. The van der Waals surface area contributed by atoms with Gasteiger partial charge in [-0.25, -0.2) is 18.1 Å². The van der Waals surface area contributed by atoms with E-state index in [0.29, 0.717) is 6.54 Å². The van der Waals surface area contributed by atoms with E-state index in [0.717, 1.165) is 24.6 Å². The van der Waals surface area contributed by atoms with E-state index < -0.39 is 43.9 Å². The molecule has 0 unspecified atom stereocenters. The standard InChI is InChI=1S/C26H26F3N3O4S/c1-16-14-25(2,3)32(15-16)23-19(24(34)31-37(35,36)22-10-5-4-9-21(22)33)11-12-20(30-23)17-7-6-8-18(13-17)26(27,28)29/h4-8,10-13,16H,9,14-15H2,1-3H3,(H,31,34)/t16-/m0/s1. The largest absolute Gasteiger partial charge is 0.416 e. The molecule has 0 bridgehead atoms. The van der Waals surface area contributed by atoms with Crippen molar-refractivity contribution in [3.8, 4) is 11.3 Å². The first-order valence-corrected chi connectivity index (χ1v) is 13.1. The van der Waals surface area contributed by atoms with Gasteiger partial charge in [-0.3, -0.25) is 9.59 Å². The zero-order valence-electron chi connectivity index (χ0n) is 20.5. The Morgan fingerprint density at radius 3 is 2.54 bits per heavy atom. The number of ketones is 1. The van der Waals surface area contributed by atoms with Gasteiger partial charge in [-0.15, -0.1) is 0 Å². The summed E-state index contributed by atoms with van der Waals surface area (Å²) in [5.41, 5.74) is -0.965. The molecule has 1 aliphatic heterocycles. The Balaban J connectivity index is 1.79. The molecule has 0 saturated carbocycles. The molecule has 37 heavy (non-hydrogen) atoms. The maximum absolute atomic E-state index is 13.3. The number of nitrogens with one attached hydrogen (secondary N) is 1. The Bertz CT molecular complexity index is 1430. The number of hydrogen-bond acceptors (Lipinski definition) is 6. The van der Waals surface area contributed by atoms with Crippen molar-refractivity contribution in [2.75, 3.05) is 11.4 Å². The molecule has 1 N–H and O–H groups in total. The smallest absolute Gasteiger partial charge is 0.351 e. The van der Waals surface area contributed by atoms with Crippen molar-refractivity contribution in [1.82, 2.24) is 9.71 Å². The molecule has 11 heteroatoms. The second-order valence-corrected chi connectivity index (χ2v) is 11.6. The molecular weight excluding hydrogens is 507 g/mol. The Kier molecular flexibility index (Phi) is 6.78. The number of aromatic nitrogens is 1. The van der Waals surface area contributed by atoms with Crippen LogP contribution in [-0.4, -0.2) is 37.2 Å². The number of allylic oxidation sites excluding steroid dienone is 4. The Labute approximate surface area is 213 Å². The van der Waals surface area contributed by atoms with Gasteiger partial charge in [0, 0.05) is 24.1 Å². The molecule has 2 aliphatic rings. The van der Waals surface area contributed by atoms with Gasteiger partial charge in [0.15, 0.2) is 5.78 Å². The minimum Gasteiger partial charge on any atom is -0.351 e. The highest BCUT2D eigenvalue weighted by atomic mass is 32.2. The van der Waals surface area contributed by atoms with Crippen LogP contribution in [0, 0.1) is 5.92 Å². The third-order valence-electron chi connectivity index (χ3n) is 6.41. The lowest BCUT2D eigenvalue weighted by Gasteiger charge is -2.34. The summed E-state index contributed by atoms with van der Waals surface area (Å²) < 4.78 is 67.5. The number of carbonyl (C=O) groups is 2. The van der Waals surface area contributed by atoms with Crippen LogP contribution in [0.4, 0.5) is 19.0 Å². The molecule has 1 fully saturated rings. The molecule has 2 heterocycles. The molecule has 2 aromatic rings. The lowest BCUT2D eigenvalue weighted by molar-refractivity contribution is -0.137. The van der Waals surface area contributed by atoms with Crippen LogP contribution in [0.3, 0.4) is 0 Å². The summed E-state index contributed by atoms with van der Waals surface area (Å²) in [6.07, 6.45) is 0.178. The van der Waals surface area contributed by atoms with E-state index in [9.17, 15) is 31.2 Å². The first kappa shape index (κ1) is 26.6. The van der Waals surface area contributed by atoms with Crippen LogP contribution in [0.15, 0.2) is 59.5 Å². The molecule has 1 amide bonds. The second kappa shape index (κ2) is 9.44. The fraction of sp³-hybridized carbons (Fsp3) is 0.346. The number of pyridine rings is 1. The number of rotatable bonds is 5. The predicted molar refractivity (Wildman–Crippen MR) is 133 cm³/mol. The Morgan fingerprint density at radius 1 is 1.19 bits per heavy atom. The zero-order chi connectivity index (χ0) is 27.2. The SMILES string of the molecule is C[C@@H]1CN(c2nc(-c3cccc(C(F)(F)F)c3)ccc2C(=O)NS(=O)(=O)C2=CC=CCC2=O)C(C)(C)C1. The highest BCUT2D eigenvalue weighted by Gasteiger charge is 2.40. The molecule has 1 saturated heterocycles. The molecule has 4 rings (SSSR count). The van der Waals surface area contributed by atoms with Crippen molar-refractivity contribution in [1.29, 1.82) is 0 Å². The average Bonchev–Trinajstić information content (AvgIpc) is 3.09. The topological polar surface area (TPSA) is 96.4 Å². The van der Waals surface area contributed by atoms with Crippen LogP contribution >= 0.6 is 0 Å². The zero-order valence-corrected chi connectivity index (χ0v) is 21.3. The highest BCUT2D eigenvalue weighted by molar-refractivity contribution is 7.95. The maximum Gasteiger partial charge on any atom is 0.416 e. The summed E-state index contributed by atoms with van der Waals surface area (Å²) >= 11 is 0. The van der Waals surface area contributed by atoms with Crippen molar-refractivity contribution < 1.29 is 31.2 Å². The van der Waals surface area contributed by atoms with E-state index in [1.165, 1.54) is 36.4 Å². The van der Waals surface area contributed by atoms with Crippen LogP contribution in [0.2, 0.25) is 0 Å². The van der Waals surface area contributed by atoms with Gasteiger partial charge in [-0.05, 0) is 56.5 Å². The predicted octanol–water partition coefficient (Wildman–Crippen LogP) is 4.86. The van der Waals surface area contributed by atoms with E-state index in [4.69, 9.17) is 0 Å². The number of benzene rings is 1. The normalized spacial score (nSPS) is 19.6. The van der Waals surface area contributed by atoms with E-state index in [-0.39, 0.29) is 35.0 Å². The lowest BCUT2D eigenvalue weighted by Crippen LogP contribution is -2.41. The molecule has 7 nitrogen and oxygen atoms in total. The molecular formula is C26H26F3N3O4S. The lowest BCUT2D eigenvalue weighted by atomic mass is 9.97. The number of halogens is 3. The number of alkyl halides is 3. The molecule has 1 atom stereocenters. The minimum absolute atomic E-state index is 0.0686. The van der Waals surface area contributed by atoms with Crippen molar-refractivity contribution >= 4 is 27.5 Å². The number of Topliss-reactive ketones (excluding diaryl/α,β-unsaturated/α-hetero) is 1. The van der Waals surface area contributed by atoms with Crippen LogP contribution in [0.5, 0.6) is 0 Å². The number of sulfonamides is 1. The van der Waals surface area contributed by atoms with Gasteiger partial charge >= 0.3 is 6.18 Å². The summed E-state index contributed by atoms with van der Waals surface area (Å²) in [6.45, 7) is 6.43. The van der Waals surface area contributed by atoms with E-state index >= 15 is 0 Å². The van der Waals surface area contributed by atoms with Gasteiger partial charge in [0.2, 0.25) is 0 Å². The van der Waals surface area contributed by atoms with Gasteiger partial charge in [-0.1, -0.05) is 31.2 Å². The van der Waals surface area contributed by atoms with E-state index in [1.54, 1.807) is 0 Å². The monoisotopic (exact) mass is 533 g/mol. The molecule has 1 aliphatic carbocycles. The number of anilines is 1. The maximum atomic E-state index is 13.3.